The van der Waals surface area contributed by atoms with Gasteiger partial charge in [0.15, 0.2) is 0 Å². The van der Waals surface area contributed by atoms with Crippen molar-refractivity contribution in [3.8, 4) is 0 Å². The van der Waals surface area contributed by atoms with Gasteiger partial charge in [0.25, 0.3) is 0 Å². The summed E-state index contributed by atoms with van der Waals surface area (Å²) >= 11 is 0. The van der Waals surface area contributed by atoms with E-state index in [0.717, 1.165) is 12.8 Å². The average molecular weight is 258 g/mol. The molecule has 0 aromatic carbocycles. The zero-order chi connectivity index (χ0) is 14.0. The molecule has 3 nitrogen and oxygen atoms in total. The van der Waals surface area contributed by atoms with E-state index in [1.54, 1.807) is 0 Å². The van der Waals surface area contributed by atoms with Crippen LogP contribution in [0, 0.1) is 11.8 Å². The number of carbonyl (C=O) groups excluding carboxylic acids is 1. The van der Waals surface area contributed by atoms with Crippen LogP contribution < -0.4 is 0 Å². The van der Waals surface area contributed by atoms with Crippen LogP contribution in [0.15, 0.2) is 0 Å². The third kappa shape index (κ3) is 9.32. The predicted octanol–water partition coefficient (Wildman–Crippen LogP) is 4.79. The molecule has 0 saturated heterocycles. The highest BCUT2D eigenvalue weighted by atomic mass is 16.7. The first-order valence-electron chi connectivity index (χ1n) is 7.30. The third-order valence-corrected chi connectivity index (χ3v) is 2.87. The maximum absolute atomic E-state index is 11.5. The van der Waals surface area contributed by atoms with Gasteiger partial charge >= 0.3 is 6.16 Å². The Kier molecular flexibility index (Phi) is 9.80. The van der Waals surface area contributed by atoms with Crippen LogP contribution in [0.4, 0.5) is 4.79 Å². The highest BCUT2D eigenvalue weighted by molar-refractivity contribution is 5.60. The maximum atomic E-state index is 11.5. The smallest absolute Gasteiger partial charge is 0.434 e. The summed E-state index contributed by atoms with van der Waals surface area (Å²) in [6.07, 6.45) is 5.22. The zero-order valence-corrected chi connectivity index (χ0v) is 12.7. The number of carbonyl (C=O) groups is 1. The first-order chi connectivity index (χ1) is 8.47. The summed E-state index contributed by atoms with van der Waals surface area (Å²) in [6.45, 7) is 10.8. The molecule has 0 spiro atoms. The molecular formula is C15H30O3. The summed E-state index contributed by atoms with van der Waals surface area (Å²) in [5, 5.41) is 0. The van der Waals surface area contributed by atoms with Crippen molar-refractivity contribution < 1.29 is 14.3 Å². The lowest BCUT2D eigenvalue weighted by Crippen LogP contribution is -2.25. The number of ether oxygens (including phenoxy) is 2. The Balaban J connectivity index is 3.91. The van der Waals surface area contributed by atoms with Crippen molar-refractivity contribution >= 4 is 6.16 Å². The third-order valence-electron chi connectivity index (χ3n) is 2.87. The van der Waals surface area contributed by atoms with Gasteiger partial charge in [-0.2, -0.15) is 0 Å². The second kappa shape index (κ2) is 10.2. The maximum Gasteiger partial charge on any atom is 0.508 e. The fourth-order valence-electron chi connectivity index (χ4n) is 1.69. The van der Waals surface area contributed by atoms with Crippen molar-refractivity contribution in [3.63, 3.8) is 0 Å². The molecule has 0 bridgehead atoms. The molecule has 0 aromatic heterocycles. The number of unbranched alkanes of at least 4 members (excludes halogenated alkanes) is 3. The van der Waals surface area contributed by atoms with Gasteiger partial charge in [0, 0.05) is 0 Å². The van der Waals surface area contributed by atoms with E-state index >= 15 is 0 Å². The van der Waals surface area contributed by atoms with Gasteiger partial charge < -0.3 is 9.47 Å². The van der Waals surface area contributed by atoms with Crippen LogP contribution >= 0.6 is 0 Å². The molecule has 0 aromatic rings. The minimum absolute atomic E-state index is 0.0125. The number of rotatable bonds is 9. The Bertz CT molecular complexity index is 212. The van der Waals surface area contributed by atoms with Crippen molar-refractivity contribution in [3.05, 3.63) is 0 Å². The average Bonchev–Trinajstić information content (AvgIpc) is 2.30. The van der Waals surface area contributed by atoms with Gasteiger partial charge in [-0.25, -0.2) is 4.79 Å². The van der Waals surface area contributed by atoms with Gasteiger partial charge in [0.1, 0.15) is 6.10 Å². The van der Waals surface area contributed by atoms with Gasteiger partial charge in [0.05, 0.1) is 6.61 Å². The Morgan fingerprint density at radius 2 is 1.72 bits per heavy atom. The molecule has 0 aliphatic heterocycles. The van der Waals surface area contributed by atoms with Gasteiger partial charge in [-0.15, -0.1) is 0 Å². The van der Waals surface area contributed by atoms with Crippen LogP contribution in [0.25, 0.3) is 0 Å². The Morgan fingerprint density at radius 3 is 2.22 bits per heavy atom. The van der Waals surface area contributed by atoms with Crippen molar-refractivity contribution in [1.29, 1.82) is 0 Å². The minimum atomic E-state index is -0.516. The van der Waals surface area contributed by atoms with Crippen molar-refractivity contribution in [1.82, 2.24) is 0 Å². The van der Waals surface area contributed by atoms with E-state index in [1.807, 2.05) is 13.8 Å². The molecule has 0 heterocycles. The van der Waals surface area contributed by atoms with Gasteiger partial charge in [0.2, 0.25) is 0 Å². The summed E-state index contributed by atoms with van der Waals surface area (Å²) in [5.74, 6) is 0.692. The van der Waals surface area contributed by atoms with Crippen LogP contribution in [0.2, 0.25) is 0 Å². The van der Waals surface area contributed by atoms with Crippen LogP contribution in [0.1, 0.15) is 66.7 Å². The lowest BCUT2D eigenvalue weighted by molar-refractivity contribution is -0.000930. The lowest BCUT2D eigenvalue weighted by Gasteiger charge is -2.21. The van der Waals surface area contributed by atoms with E-state index in [2.05, 4.69) is 20.8 Å². The molecule has 0 N–H and O–H groups in total. The fraction of sp³-hybridized carbons (Fsp3) is 0.933. The highest BCUT2D eigenvalue weighted by Gasteiger charge is 2.19. The lowest BCUT2D eigenvalue weighted by atomic mass is 10.0. The van der Waals surface area contributed by atoms with Gasteiger partial charge in [-0.05, 0) is 24.7 Å². The molecule has 0 saturated carbocycles. The molecule has 0 amide bonds. The van der Waals surface area contributed by atoms with E-state index in [4.69, 9.17) is 9.47 Å². The van der Waals surface area contributed by atoms with Crippen molar-refractivity contribution in [2.24, 2.45) is 11.8 Å². The summed E-state index contributed by atoms with van der Waals surface area (Å²) in [5.41, 5.74) is 0. The van der Waals surface area contributed by atoms with Crippen molar-refractivity contribution in [2.45, 2.75) is 72.8 Å². The summed E-state index contributed by atoms with van der Waals surface area (Å²) in [4.78, 5) is 11.5. The minimum Gasteiger partial charge on any atom is -0.434 e. The molecule has 18 heavy (non-hydrogen) atoms. The molecule has 3 heteroatoms. The molecule has 0 fully saturated rings. The Labute approximate surface area is 112 Å². The second-order valence-corrected chi connectivity index (χ2v) is 5.70. The first kappa shape index (κ1) is 17.3. The highest BCUT2D eigenvalue weighted by Crippen LogP contribution is 2.16. The summed E-state index contributed by atoms with van der Waals surface area (Å²) < 4.78 is 10.4. The normalized spacial score (nSPS) is 12.8. The molecule has 0 aliphatic rings. The second-order valence-electron chi connectivity index (χ2n) is 5.70. The molecule has 1 unspecified atom stereocenters. The topological polar surface area (TPSA) is 35.5 Å². The Morgan fingerprint density at radius 1 is 1.06 bits per heavy atom. The molecular weight excluding hydrogens is 228 g/mol. The van der Waals surface area contributed by atoms with E-state index in [1.165, 1.54) is 19.3 Å². The van der Waals surface area contributed by atoms with E-state index in [-0.39, 0.29) is 6.10 Å². The monoisotopic (exact) mass is 258 g/mol. The van der Waals surface area contributed by atoms with Gasteiger partial charge in [-0.1, -0.05) is 53.9 Å². The molecule has 0 rings (SSSR count). The fourth-order valence-corrected chi connectivity index (χ4v) is 1.69. The van der Waals surface area contributed by atoms with Crippen LogP contribution in [-0.2, 0) is 9.47 Å². The number of hydrogen-bond donors (Lipinski definition) is 0. The van der Waals surface area contributed by atoms with Crippen LogP contribution in [-0.4, -0.2) is 18.9 Å². The van der Waals surface area contributed by atoms with Gasteiger partial charge in [-0.3, -0.25) is 0 Å². The molecule has 0 radical (unpaired) electrons. The van der Waals surface area contributed by atoms with E-state index in [0.29, 0.717) is 18.4 Å². The largest absolute Gasteiger partial charge is 0.508 e. The number of hydrogen-bond acceptors (Lipinski definition) is 3. The van der Waals surface area contributed by atoms with E-state index < -0.39 is 6.16 Å². The zero-order valence-electron chi connectivity index (χ0n) is 12.7. The van der Waals surface area contributed by atoms with Crippen LogP contribution in [0.3, 0.4) is 0 Å². The summed E-state index contributed by atoms with van der Waals surface area (Å²) in [7, 11) is 0. The standard InChI is InChI=1S/C15H30O3/c1-6-7-8-9-10-14(13(4)5)18-15(16)17-11-12(2)3/h12-14H,6-11H2,1-5H3. The molecule has 108 valence electrons. The predicted molar refractivity (Wildman–Crippen MR) is 74.7 cm³/mol. The van der Waals surface area contributed by atoms with E-state index in [9.17, 15) is 4.79 Å². The van der Waals surface area contributed by atoms with Crippen LogP contribution in [0.5, 0.6) is 0 Å². The quantitative estimate of drug-likeness (QED) is 0.440. The summed E-state index contributed by atoms with van der Waals surface area (Å²) in [6, 6.07) is 0. The first-order valence-corrected chi connectivity index (χ1v) is 7.30. The Hall–Kier alpha value is -0.730. The molecule has 1 atom stereocenters. The molecule has 0 aliphatic carbocycles. The SMILES string of the molecule is CCCCCCC(OC(=O)OCC(C)C)C(C)C. The van der Waals surface area contributed by atoms with Crippen molar-refractivity contribution in [2.75, 3.05) is 6.61 Å².